The highest BCUT2D eigenvalue weighted by Gasteiger charge is 2.21. The van der Waals surface area contributed by atoms with E-state index in [4.69, 9.17) is 4.74 Å². The van der Waals surface area contributed by atoms with Crippen LogP contribution in [0.1, 0.15) is 34.6 Å². The lowest BCUT2D eigenvalue weighted by Gasteiger charge is -2.26. The quantitative estimate of drug-likeness (QED) is 0.884. The van der Waals surface area contributed by atoms with Gasteiger partial charge in [0.2, 0.25) is 5.13 Å². The Kier molecular flexibility index (Phi) is 4.19. The van der Waals surface area contributed by atoms with E-state index in [1.54, 1.807) is 0 Å². The summed E-state index contributed by atoms with van der Waals surface area (Å²) in [4.78, 5) is 12.1. The van der Waals surface area contributed by atoms with Crippen molar-refractivity contribution in [3.8, 4) is 11.5 Å². The van der Waals surface area contributed by atoms with Gasteiger partial charge in [-0.1, -0.05) is 11.3 Å². The van der Waals surface area contributed by atoms with Crippen LogP contribution >= 0.6 is 11.3 Å². The number of hydrogen-bond acceptors (Lipinski definition) is 6. The predicted octanol–water partition coefficient (Wildman–Crippen LogP) is 2.90. The molecule has 1 aromatic carbocycles. The number of phenolic OH excluding ortho intramolecular Hbond substituents is 1. The average Bonchev–Trinajstić information content (AvgIpc) is 2.92. The molecule has 0 atom stereocenters. The molecule has 1 fully saturated rings. The van der Waals surface area contributed by atoms with E-state index in [0.29, 0.717) is 11.3 Å². The van der Waals surface area contributed by atoms with Crippen molar-refractivity contribution in [1.82, 2.24) is 10.2 Å². The van der Waals surface area contributed by atoms with Crippen molar-refractivity contribution in [2.45, 2.75) is 32.0 Å². The molecule has 0 radical (unpaired) electrons. The molecule has 1 aliphatic carbocycles. The van der Waals surface area contributed by atoms with E-state index in [9.17, 15) is 14.3 Å². The highest BCUT2D eigenvalue weighted by Crippen LogP contribution is 2.32. The van der Waals surface area contributed by atoms with E-state index >= 15 is 0 Å². The second kappa shape index (κ2) is 6.27. The molecule has 1 saturated carbocycles. The summed E-state index contributed by atoms with van der Waals surface area (Å²) in [6.45, 7) is -0.716. The summed E-state index contributed by atoms with van der Waals surface area (Å²) in [5.74, 6) is -0.127. The molecule has 1 aliphatic rings. The van der Waals surface area contributed by atoms with E-state index in [-0.39, 0.29) is 22.0 Å². The molecule has 2 aromatic rings. The second-order valence-electron chi connectivity index (χ2n) is 4.94. The maximum absolute atomic E-state index is 12.4. The molecule has 3 rings (SSSR count). The Hall–Kier alpha value is -2.22. The van der Waals surface area contributed by atoms with Crippen LogP contribution < -0.4 is 10.1 Å². The van der Waals surface area contributed by atoms with Gasteiger partial charge in [0.1, 0.15) is 11.7 Å². The number of hydrogen-bond donors (Lipinski definition) is 2. The van der Waals surface area contributed by atoms with E-state index < -0.39 is 12.6 Å². The van der Waals surface area contributed by atoms with Gasteiger partial charge in [-0.05, 0) is 37.5 Å². The Labute approximate surface area is 130 Å². The normalized spacial score (nSPS) is 14.4. The summed E-state index contributed by atoms with van der Waals surface area (Å²) in [5.41, 5.74) is 0.323. The fourth-order valence-electron chi connectivity index (χ4n) is 1.95. The third-order valence-corrected chi connectivity index (χ3v) is 4.17. The zero-order valence-electron chi connectivity index (χ0n) is 11.6. The van der Waals surface area contributed by atoms with Crippen molar-refractivity contribution in [2.24, 2.45) is 0 Å². The van der Waals surface area contributed by atoms with Gasteiger partial charge in [0.15, 0.2) is 11.5 Å². The van der Waals surface area contributed by atoms with Gasteiger partial charge in [0.05, 0.1) is 6.10 Å². The minimum atomic E-state index is -0.716. The number of nitrogens with zero attached hydrogens (tertiary/aromatic N) is 2. The smallest absolute Gasteiger partial charge is 0.257 e. The van der Waals surface area contributed by atoms with Crippen LogP contribution in [-0.4, -0.2) is 27.3 Å². The number of amides is 1. The average molecular weight is 323 g/mol. The Balaban J connectivity index is 1.72. The number of rotatable bonds is 5. The van der Waals surface area contributed by atoms with Gasteiger partial charge in [-0.25, -0.2) is 4.39 Å². The summed E-state index contributed by atoms with van der Waals surface area (Å²) >= 11 is 0.977. The molecule has 0 aliphatic heterocycles. The number of benzene rings is 1. The van der Waals surface area contributed by atoms with Crippen molar-refractivity contribution in [3.63, 3.8) is 0 Å². The Bertz CT molecular complexity index is 688. The lowest BCUT2D eigenvalue weighted by atomic mass is 9.96. The first-order chi connectivity index (χ1) is 10.7. The van der Waals surface area contributed by atoms with Gasteiger partial charge in [0.25, 0.3) is 5.91 Å². The predicted molar refractivity (Wildman–Crippen MR) is 79.0 cm³/mol. The lowest BCUT2D eigenvalue weighted by Crippen LogP contribution is -2.24. The first-order valence-corrected chi connectivity index (χ1v) is 7.66. The Morgan fingerprint density at radius 1 is 1.45 bits per heavy atom. The summed E-state index contributed by atoms with van der Waals surface area (Å²) in [7, 11) is 0. The molecule has 0 bridgehead atoms. The number of ether oxygens (including phenoxy) is 1. The number of halogens is 1. The molecule has 1 amide bonds. The largest absolute Gasteiger partial charge is 0.504 e. The number of aromatic nitrogens is 2. The first-order valence-electron chi connectivity index (χ1n) is 6.85. The van der Waals surface area contributed by atoms with Crippen LogP contribution in [0.25, 0.3) is 0 Å². The van der Waals surface area contributed by atoms with Crippen LogP contribution in [0.2, 0.25) is 0 Å². The van der Waals surface area contributed by atoms with Crippen LogP contribution in [0.3, 0.4) is 0 Å². The van der Waals surface area contributed by atoms with Gasteiger partial charge in [0, 0.05) is 5.56 Å². The van der Waals surface area contributed by atoms with Crippen molar-refractivity contribution in [2.75, 3.05) is 5.32 Å². The van der Waals surface area contributed by atoms with Crippen LogP contribution in [0.4, 0.5) is 9.52 Å². The van der Waals surface area contributed by atoms with Gasteiger partial charge in [-0.3, -0.25) is 10.1 Å². The third-order valence-electron chi connectivity index (χ3n) is 3.37. The van der Waals surface area contributed by atoms with Crippen LogP contribution in [0.5, 0.6) is 11.5 Å². The van der Waals surface area contributed by atoms with E-state index in [1.165, 1.54) is 18.2 Å². The number of aromatic hydroxyl groups is 1. The van der Waals surface area contributed by atoms with Crippen LogP contribution in [-0.2, 0) is 6.67 Å². The first kappa shape index (κ1) is 14.7. The number of nitrogens with one attached hydrogen (secondary N) is 1. The van der Waals surface area contributed by atoms with Gasteiger partial charge >= 0.3 is 0 Å². The molecular formula is C14H14FN3O3S. The van der Waals surface area contributed by atoms with Gasteiger partial charge < -0.3 is 9.84 Å². The number of phenols is 1. The van der Waals surface area contributed by atoms with Gasteiger partial charge in [-0.15, -0.1) is 10.2 Å². The maximum atomic E-state index is 12.4. The molecule has 0 unspecified atom stereocenters. The van der Waals surface area contributed by atoms with Crippen molar-refractivity contribution in [1.29, 1.82) is 0 Å². The fourth-order valence-corrected chi connectivity index (χ4v) is 2.53. The van der Waals surface area contributed by atoms with Crippen molar-refractivity contribution in [3.05, 3.63) is 28.8 Å². The minimum Gasteiger partial charge on any atom is -0.504 e. The Morgan fingerprint density at radius 3 is 2.91 bits per heavy atom. The highest BCUT2D eigenvalue weighted by molar-refractivity contribution is 7.15. The molecule has 22 heavy (non-hydrogen) atoms. The fraction of sp³-hybridized carbons (Fsp3) is 0.357. The zero-order chi connectivity index (χ0) is 15.5. The minimum absolute atomic E-state index is 0.000851. The number of carbonyl (C=O) groups is 1. The summed E-state index contributed by atoms with van der Waals surface area (Å²) in [5, 5.41) is 20.0. The Morgan fingerprint density at radius 2 is 2.27 bits per heavy atom. The molecule has 8 heteroatoms. The molecule has 0 saturated heterocycles. The standard InChI is InChI=1S/C14H14FN3O3S/c15-7-12-17-18-14(22-12)16-13(20)8-4-5-10(19)11(6-8)21-9-2-1-3-9/h4-6,9,19H,1-3,7H2,(H,16,18,20). The van der Waals surface area contributed by atoms with Crippen molar-refractivity contribution >= 4 is 22.4 Å². The summed E-state index contributed by atoms with van der Waals surface area (Å²) in [6, 6.07) is 4.38. The summed E-state index contributed by atoms with van der Waals surface area (Å²) < 4.78 is 18.0. The van der Waals surface area contributed by atoms with E-state index in [2.05, 4.69) is 15.5 Å². The molecule has 2 N–H and O–H groups in total. The maximum Gasteiger partial charge on any atom is 0.257 e. The second-order valence-corrected chi connectivity index (χ2v) is 6.00. The molecule has 116 valence electrons. The number of anilines is 1. The molecular weight excluding hydrogens is 309 g/mol. The monoisotopic (exact) mass is 323 g/mol. The lowest BCUT2D eigenvalue weighted by molar-refractivity contribution is 0.102. The number of alkyl halides is 1. The molecule has 1 heterocycles. The summed E-state index contributed by atoms with van der Waals surface area (Å²) in [6.07, 6.45) is 3.11. The van der Waals surface area contributed by atoms with Crippen LogP contribution in [0.15, 0.2) is 18.2 Å². The molecule has 1 aromatic heterocycles. The van der Waals surface area contributed by atoms with Crippen molar-refractivity contribution < 1.29 is 19.0 Å². The van der Waals surface area contributed by atoms with Gasteiger partial charge in [-0.2, -0.15) is 0 Å². The topological polar surface area (TPSA) is 84.3 Å². The van der Waals surface area contributed by atoms with E-state index in [1.807, 2.05) is 0 Å². The molecule has 6 nitrogen and oxygen atoms in total. The zero-order valence-corrected chi connectivity index (χ0v) is 12.4. The van der Waals surface area contributed by atoms with E-state index in [0.717, 1.165) is 30.6 Å². The highest BCUT2D eigenvalue weighted by atomic mass is 32.1. The SMILES string of the molecule is O=C(Nc1nnc(CF)s1)c1ccc(O)c(OC2CCC2)c1. The number of carbonyl (C=O) groups excluding carboxylic acids is 1. The molecule has 0 spiro atoms. The third kappa shape index (κ3) is 3.16. The van der Waals surface area contributed by atoms with Crippen LogP contribution in [0, 0.1) is 0 Å².